The highest BCUT2D eigenvalue weighted by molar-refractivity contribution is 5.85. The summed E-state index contributed by atoms with van der Waals surface area (Å²) in [5.74, 6) is 0. The molecule has 17 heavy (non-hydrogen) atoms. The molecule has 0 aromatic heterocycles. The van der Waals surface area contributed by atoms with Gasteiger partial charge in [0.05, 0.1) is 5.69 Å². The van der Waals surface area contributed by atoms with Crippen LogP contribution >= 0.6 is 0 Å². The highest BCUT2D eigenvalue weighted by Crippen LogP contribution is 2.23. The Morgan fingerprint density at radius 3 is 2.29 bits per heavy atom. The van der Waals surface area contributed by atoms with Crippen LogP contribution in [-0.4, -0.2) is 5.71 Å². The Labute approximate surface area is 106 Å². The smallest absolute Gasteiger partial charge is 0.0687 e. The average molecular weight is 231 g/mol. The molecule has 0 N–H and O–H groups in total. The van der Waals surface area contributed by atoms with Crippen LogP contribution in [0.25, 0.3) is 0 Å². The van der Waals surface area contributed by atoms with Crippen LogP contribution in [0.3, 0.4) is 0 Å². The molecule has 0 atom stereocenters. The third kappa shape index (κ3) is 4.72. The average Bonchev–Trinajstić information content (AvgIpc) is 2.30. The van der Waals surface area contributed by atoms with E-state index in [0.29, 0.717) is 0 Å². The maximum Gasteiger partial charge on any atom is 0.0687 e. The molecule has 0 spiro atoms. The first-order chi connectivity index (χ1) is 8.15. The van der Waals surface area contributed by atoms with Gasteiger partial charge in [0, 0.05) is 5.71 Å². The lowest BCUT2D eigenvalue weighted by Crippen LogP contribution is -1.92. The van der Waals surface area contributed by atoms with Crippen molar-refractivity contribution >= 4 is 11.4 Å². The maximum absolute atomic E-state index is 4.77. The second kappa shape index (κ2) is 7.26. The van der Waals surface area contributed by atoms with E-state index in [-0.39, 0.29) is 0 Å². The van der Waals surface area contributed by atoms with Gasteiger partial charge in [-0.15, -0.1) is 0 Å². The van der Waals surface area contributed by atoms with Crippen LogP contribution in [0.2, 0.25) is 0 Å². The molecule has 0 radical (unpaired) electrons. The van der Waals surface area contributed by atoms with Crippen molar-refractivity contribution in [3.8, 4) is 0 Å². The number of rotatable bonds is 6. The molecule has 0 amide bonds. The molecule has 1 heteroatoms. The van der Waals surface area contributed by atoms with Crippen molar-refractivity contribution < 1.29 is 0 Å². The molecule has 0 aliphatic heterocycles. The molecule has 0 aliphatic rings. The molecule has 1 nitrogen and oxygen atoms in total. The lowest BCUT2D eigenvalue weighted by molar-refractivity contribution is 0.682. The molecule has 1 rings (SSSR count). The topological polar surface area (TPSA) is 12.4 Å². The number of nitrogens with zero attached hydrogens (tertiary/aromatic N) is 1. The molecule has 1 aromatic rings. The maximum atomic E-state index is 4.77. The fraction of sp³-hybridized carbons (Fsp3) is 0.562. The van der Waals surface area contributed by atoms with Gasteiger partial charge in [0.25, 0.3) is 0 Å². The summed E-state index contributed by atoms with van der Waals surface area (Å²) in [6.45, 7) is 8.67. The number of hydrogen-bond donors (Lipinski definition) is 0. The van der Waals surface area contributed by atoms with Crippen LogP contribution in [-0.2, 0) is 0 Å². The largest absolute Gasteiger partial charge is 0.258 e. The van der Waals surface area contributed by atoms with Crippen LogP contribution in [0.4, 0.5) is 5.69 Å². The van der Waals surface area contributed by atoms with Gasteiger partial charge >= 0.3 is 0 Å². The van der Waals surface area contributed by atoms with Crippen molar-refractivity contribution in [3.05, 3.63) is 29.3 Å². The van der Waals surface area contributed by atoms with E-state index in [1.807, 2.05) is 0 Å². The summed E-state index contributed by atoms with van der Waals surface area (Å²) in [6.07, 6.45) is 6.38. The number of unbranched alkanes of at least 4 members (excludes halogenated alkanes) is 3. The third-order valence-corrected chi connectivity index (χ3v) is 3.13. The van der Waals surface area contributed by atoms with E-state index in [4.69, 9.17) is 4.99 Å². The molecular weight excluding hydrogens is 206 g/mol. The van der Waals surface area contributed by atoms with Crippen molar-refractivity contribution in [1.82, 2.24) is 0 Å². The Balaban J connectivity index is 2.61. The number of hydrogen-bond acceptors (Lipinski definition) is 1. The minimum atomic E-state index is 1.13. The SMILES string of the molecule is CCCCCCC(C)=Nc1c(C)cccc1C. The van der Waals surface area contributed by atoms with Crippen LogP contribution in [0.15, 0.2) is 23.2 Å². The number of aryl methyl sites for hydroxylation is 2. The molecule has 0 heterocycles. The molecule has 0 bridgehead atoms. The molecular formula is C16H25N. The standard InChI is InChI=1S/C16H25N/c1-5-6-7-8-12-15(4)17-16-13(2)10-9-11-14(16)3/h9-11H,5-8,12H2,1-4H3. The summed E-state index contributed by atoms with van der Waals surface area (Å²) in [7, 11) is 0. The van der Waals surface area contributed by atoms with E-state index in [2.05, 4.69) is 45.9 Å². The van der Waals surface area contributed by atoms with E-state index in [1.165, 1.54) is 48.2 Å². The van der Waals surface area contributed by atoms with Crippen LogP contribution in [0.1, 0.15) is 57.1 Å². The summed E-state index contributed by atoms with van der Waals surface area (Å²) < 4.78 is 0. The van der Waals surface area contributed by atoms with Crippen molar-refractivity contribution in [1.29, 1.82) is 0 Å². The van der Waals surface area contributed by atoms with E-state index in [0.717, 1.165) is 6.42 Å². The van der Waals surface area contributed by atoms with E-state index >= 15 is 0 Å². The Bertz CT molecular complexity index is 357. The molecule has 94 valence electrons. The molecule has 0 saturated carbocycles. The first-order valence-corrected chi connectivity index (χ1v) is 6.75. The quantitative estimate of drug-likeness (QED) is 0.461. The zero-order valence-corrected chi connectivity index (χ0v) is 11.7. The summed E-state index contributed by atoms with van der Waals surface area (Å²) in [4.78, 5) is 4.77. The normalized spacial score (nSPS) is 11.9. The predicted molar refractivity (Wildman–Crippen MR) is 77.4 cm³/mol. The Kier molecular flexibility index (Phi) is 5.96. The van der Waals surface area contributed by atoms with Gasteiger partial charge in [0.1, 0.15) is 0 Å². The Hall–Kier alpha value is -1.11. The third-order valence-electron chi connectivity index (χ3n) is 3.13. The summed E-state index contributed by atoms with van der Waals surface area (Å²) in [5, 5.41) is 0. The molecule has 1 aromatic carbocycles. The van der Waals surface area contributed by atoms with Gasteiger partial charge < -0.3 is 0 Å². The van der Waals surface area contributed by atoms with Crippen molar-refractivity contribution in [2.45, 2.75) is 59.8 Å². The second-order valence-electron chi connectivity index (χ2n) is 4.90. The van der Waals surface area contributed by atoms with Gasteiger partial charge in [-0.2, -0.15) is 0 Å². The van der Waals surface area contributed by atoms with E-state index in [1.54, 1.807) is 0 Å². The van der Waals surface area contributed by atoms with E-state index in [9.17, 15) is 0 Å². The van der Waals surface area contributed by atoms with Gasteiger partial charge in [-0.25, -0.2) is 0 Å². The zero-order chi connectivity index (χ0) is 12.7. The van der Waals surface area contributed by atoms with Gasteiger partial charge in [0.15, 0.2) is 0 Å². The summed E-state index contributed by atoms with van der Waals surface area (Å²) in [6, 6.07) is 6.37. The van der Waals surface area contributed by atoms with Crippen LogP contribution in [0, 0.1) is 13.8 Å². The first-order valence-electron chi connectivity index (χ1n) is 6.75. The Morgan fingerprint density at radius 1 is 1.06 bits per heavy atom. The van der Waals surface area contributed by atoms with Crippen LogP contribution in [0.5, 0.6) is 0 Å². The lowest BCUT2D eigenvalue weighted by atomic mass is 10.1. The number of para-hydroxylation sites is 1. The highest BCUT2D eigenvalue weighted by atomic mass is 14.7. The zero-order valence-electron chi connectivity index (χ0n) is 11.7. The fourth-order valence-corrected chi connectivity index (χ4v) is 2.04. The van der Waals surface area contributed by atoms with E-state index < -0.39 is 0 Å². The minimum Gasteiger partial charge on any atom is -0.258 e. The second-order valence-corrected chi connectivity index (χ2v) is 4.90. The summed E-state index contributed by atoms with van der Waals surface area (Å²) in [5.41, 5.74) is 4.98. The van der Waals surface area contributed by atoms with Gasteiger partial charge in [-0.1, -0.05) is 44.4 Å². The number of benzene rings is 1. The first kappa shape index (κ1) is 14.0. The molecule has 0 fully saturated rings. The van der Waals surface area contributed by atoms with Crippen LogP contribution < -0.4 is 0 Å². The highest BCUT2D eigenvalue weighted by Gasteiger charge is 2.01. The minimum absolute atomic E-state index is 1.13. The molecule has 0 saturated heterocycles. The fourth-order valence-electron chi connectivity index (χ4n) is 2.04. The molecule has 0 unspecified atom stereocenters. The van der Waals surface area contributed by atoms with Gasteiger partial charge in [0.2, 0.25) is 0 Å². The monoisotopic (exact) mass is 231 g/mol. The summed E-state index contributed by atoms with van der Waals surface area (Å²) >= 11 is 0. The predicted octanol–water partition coefficient (Wildman–Crippen LogP) is 5.37. The van der Waals surface area contributed by atoms with Crippen molar-refractivity contribution in [3.63, 3.8) is 0 Å². The molecule has 0 aliphatic carbocycles. The Morgan fingerprint density at radius 2 is 1.71 bits per heavy atom. The van der Waals surface area contributed by atoms with Gasteiger partial charge in [-0.05, 0) is 44.7 Å². The number of aliphatic imine (C=N–C) groups is 1. The van der Waals surface area contributed by atoms with Crippen molar-refractivity contribution in [2.75, 3.05) is 0 Å². The lowest BCUT2D eigenvalue weighted by Gasteiger charge is -2.06. The van der Waals surface area contributed by atoms with Gasteiger partial charge in [-0.3, -0.25) is 4.99 Å². The van der Waals surface area contributed by atoms with Crippen molar-refractivity contribution in [2.24, 2.45) is 4.99 Å².